The molecule has 0 spiro atoms. The Morgan fingerprint density at radius 2 is 2.10 bits per heavy atom. The van der Waals surface area contributed by atoms with E-state index in [2.05, 4.69) is 35.7 Å². The van der Waals surface area contributed by atoms with E-state index in [4.69, 9.17) is 0 Å². The molecule has 1 N–H and O–H groups in total. The predicted octanol–water partition coefficient (Wildman–Crippen LogP) is 3.19. The highest BCUT2D eigenvalue weighted by atomic mass is 16.1. The van der Waals surface area contributed by atoms with Crippen molar-refractivity contribution in [3.8, 4) is 0 Å². The van der Waals surface area contributed by atoms with Crippen LogP contribution in [0, 0.1) is 0 Å². The van der Waals surface area contributed by atoms with Crippen LogP contribution in [0.25, 0.3) is 5.57 Å². The number of carbonyl (C=O) groups excluding carboxylic acids is 1. The van der Waals surface area contributed by atoms with E-state index in [1.165, 1.54) is 22.3 Å². The molecule has 1 aromatic rings. The minimum atomic E-state index is 0.121. The summed E-state index contributed by atoms with van der Waals surface area (Å²) in [6.45, 7) is 3.65. The maximum atomic E-state index is 11.4. The Bertz CT molecular complexity index is 635. The summed E-state index contributed by atoms with van der Waals surface area (Å²) in [6, 6.07) is 6.72. The fourth-order valence-corrected chi connectivity index (χ4v) is 2.75. The highest BCUT2D eigenvalue weighted by Gasteiger charge is 2.11. The van der Waals surface area contributed by atoms with Gasteiger partial charge in [0.1, 0.15) is 0 Å². The first kappa shape index (κ1) is 13.1. The van der Waals surface area contributed by atoms with Gasteiger partial charge in [-0.25, -0.2) is 0 Å². The first-order chi connectivity index (χ1) is 9.74. The van der Waals surface area contributed by atoms with Crippen LogP contribution in [-0.4, -0.2) is 12.3 Å². The van der Waals surface area contributed by atoms with Crippen LogP contribution in [0.1, 0.15) is 30.0 Å². The Labute approximate surface area is 119 Å². The number of hydrogen-bond donors (Lipinski definition) is 1. The molecule has 0 bridgehead atoms. The summed E-state index contributed by atoms with van der Waals surface area (Å²) >= 11 is 0. The molecule has 2 nitrogen and oxygen atoms in total. The summed E-state index contributed by atoms with van der Waals surface area (Å²) in [5, 5.41) is 3.40. The van der Waals surface area contributed by atoms with Gasteiger partial charge >= 0.3 is 0 Å². The Morgan fingerprint density at radius 3 is 2.95 bits per heavy atom. The second-order valence-corrected chi connectivity index (χ2v) is 5.39. The summed E-state index contributed by atoms with van der Waals surface area (Å²) < 4.78 is 0. The van der Waals surface area contributed by atoms with Crippen LogP contribution in [0.3, 0.4) is 0 Å². The molecule has 0 fully saturated rings. The molecule has 2 aliphatic rings. The SMILES string of the molecule is CC(=O)C1=CC=C(c2ccc3c(c2)CCNC3)CC=C1. The molecular formula is C18H19NO. The topological polar surface area (TPSA) is 29.1 Å². The summed E-state index contributed by atoms with van der Waals surface area (Å²) in [7, 11) is 0. The first-order valence-electron chi connectivity index (χ1n) is 7.15. The summed E-state index contributed by atoms with van der Waals surface area (Å²) in [6.07, 6.45) is 9.99. The van der Waals surface area contributed by atoms with E-state index in [1.54, 1.807) is 6.92 Å². The van der Waals surface area contributed by atoms with Crippen molar-refractivity contribution in [2.45, 2.75) is 26.3 Å². The standard InChI is InChI=1S/C18H19NO/c1-13(20)14-3-2-4-15(6-5-14)16-7-8-18-12-19-10-9-17(18)11-16/h2-3,5-8,11,19H,4,9-10,12H2,1H3. The van der Waals surface area contributed by atoms with Crippen molar-refractivity contribution in [1.29, 1.82) is 0 Å². The fraction of sp³-hybridized carbons (Fsp3) is 0.278. The van der Waals surface area contributed by atoms with Crippen LogP contribution < -0.4 is 5.32 Å². The molecule has 0 unspecified atom stereocenters. The van der Waals surface area contributed by atoms with Gasteiger partial charge in [-0.05, 0) is 48.6 Å². The van der Waals surface area contributed by atoms with Gasteiger partial charge in [0.15, 0.2) is 5.78 Å². The minimum absolute atomic E-state index is 0.121. The number of fused-ring (bicyclic) bond motifs is 1. The molecule has 0 amide bonds. The average molecular weight is 265 g/mol. The molecule has 1 aromatic carbocycles. The molecule has 1 aliphatic heterocycles. The molecule has 0 saturated carbocycles. The van der Waals surface area contributed by atoms with Gasteiger partial charge in [-0.15, -0.1) is 0 Å². The predicted molar refractivity (Wildman–Crippen MR) is 82.4 cm³/mol. The van der Waals surface area contributed by atoms with Crippen LogP contribution in [0.5, 0.6) is 0 Å². The molecule has 1 heterocycles. The maximum absolute atomic E-state index is 11.4. The molecule has 0 atom stereocenters. The number of Topliss-reactive ketones (excluding diaryl/α,β-unsaturated/α-hetero) is 1. The number of rotatable bonds is 2. The van der Waals surface area contributed by atoms with Gasteiger partial charge in [0.2, 0.25) is 0 Å². The lowest BCUT2D eigenvalue weighted by molar-refractivity contribution is -0.113. The lowest BCUT2D eigenvalue weighted by Gasteiger charge is -2.18. The molecule has 0 saturated heterocycles. The number of hydrogen-bond acceptors (Lipinski definition) is 2. The molecule has 0 radical (unpaired) electrons. The van der Waals surface area contributed by atoms with Crippen molar-refractivity contribution < 1.29 is 4.79 Å². The lowest BCUT2D eigenvalue weighted by Crippen LogP contribution is -2.23. The van der Waals surface area contributed by atoms with Crippen molar-refractivity contribution in [2.75, 3.05) is 6.54 Å². The van der Waals surface area contributed by atoms with E-state index in [9.17, 15) is 4.79 Å². The van der Waals surface area contributed by atoms with Crippen molar-refractivity contribution in [3.05, 3.63) is 64.8 Å². The van der Waals surface area contributed by atoms with Gasteiger partial charge in [-0.1, -0.05) is 42.5 Å². The zero-order valence-electron chi connectivity index (χ0n) is 11.8. The van der Waals surface area contributed by atoms with E-state index in [-0.39, 0.29) is 5.78 Å². The monoisotopic (exact) mass is 265 g/mol. The highest BCUT2D eigenvalue weighted by molar-refractivity contribution is 5.97. The first-order valence-corrected chi connectivity index (χ1v) is 7.15. The van der Waals surface area contributed by atoms with Crippen molar-refractivity contribution in [3.63, 3.8) is 0 Å². The van der Waals surface area contributed by atoms with E-state index in [0.29, 0.717) is 0 Å². The highest BCUT2D eigenvalue weighted by Crippen LogP contribution is 2.25. The van der Waals surface area contributed by atoms with Gasteiger partial charge in [0.25, 0.3) is 0 Å². The zero-order chi connectivity index (χ0) is 13.9. The minimum Gasteiger partial charge on any atom is -0.312 e. The van der Waals surface area contributed by atoms with Crippen molar-refractivity contribution in [2.24, 2.45) is 0 Å². The molecule has 102 valence electrons. The third-order valence-corrected chi connectivity index (χ3v) is 3.97. The van der Waals surface area contributed by atoms with E-state index < -0.39 is 0 Å². The third kappa shape index (κ3) is 2.66. The summed E-state index contributed by atoms with van der Waals surface area (Å²) in [5.74, 6) is 0.121. The molecule has 1 aliphatic carbocycles. The van der Waals surface area contributed by atoms with Crippen molar-refractivity contribution in [1.82, 2.24) is 5.32 Å². The normalized spacial score (nSPS) is 17.9. The number of carbonyl (C=O) groups is 1. The zero-order valence-corrected chi connectivity index (χ0v) is 11.8. The maximum Gasteiger partial charge on any atom is 0.159 e. The second kappa shape index (κ2) is 5.59. The van der Waals surface area contributed by atoms with Crippen LogP contribution in [0.2, 0.25) is 0 Å². The molecule has 3 rings (SSSR count). The second-order valence-electron chi connectivity index (χ2n) is 5.39. The van der Waals surface area contributed by atoms with E-state index >= 15 is 0 Å². The molecule has 20 heavy (non-hydrogen) atoms. The van der Waals surface area contributed by atoms with Gasteiger partial charge in [0.05, 0.1) is 0 Å². The summed E-state index contributed by atoms with van der Waals surface area (Å²) in [5.41, 5.74) is 6.19. The Balaban J connectivity index is 1.93. The van der Waals surface area contributed by atoms with E-state index in [0.717, 1.165) is 31.5 Å². The van der Waals surface area contributed by atoms with Gasteiger partial charge in [-0.2, -0.15) is 0 Å². The smallest absolute Gasteiger partial charge is 0.159 e. The molecule has 2 heteroatoms. The van der Waals surface area contributed by atoms with Gasteiger partial charge in [0, 0.05) is 12.1 Å². The lowest BCUT2D eigenvalue weighted by atomic mass is 9.94. The number of nitrogens with one attached hydrogen (secondary N) is 1. The fourth-order valence-electron chi connectivity index (χ4n) is 2.75. The van der Waals surface area contributed by atoms with Gasteiger partial charge < -0.3 is 5.32 Å². The molecule has 0 aromatic heterocycles. The van der Waals surface area contributed by atoms with Crippen LogP contribution in [0.4, 0.5) is 0 Å². The number of allylic oxidation sites excluding steroid dienone is 6. The largest absolute Gasteiger partial charge is 0.312 e. The Kier molecular flexibility index (Phi) is 3.66. The number of benzene rings is 1. The summed E-state index contributed by atoms with van der Waals surface area (Å²) in [4.78, 5) is 11.4. The van der Waals surface area contributed by atoms with Gasteiger partial charge in [-0.3, -0.25) is 4.79 Å². The molecular weight excluding hydrogens is 246 g/mol. The van der Waals surface area contributed by atoms with Crippen LogP contribution in [-0.2, 0) is 17.8 Å². The Hall–Kier alpha value is -1.93. The number of ketones is 1. The average Bonchev–Trinajstić information content (AvgIpc) is 2.73. The van der Waals surface area contributed by atoms with Crippen LogP contribution in [0.15, 0.2) is 48.1 Å². The van der Waals surface area contributed by atoms with Crippen LogP contribution >= 0.6 is 0 Å². The quantitative estimate of drug-likeness (QED) is 0.889. The third-order valence-electron chi connectivity index (χ3n) is 3.97. The van der Waals surface area contributed by atoms with Crippen molar-refractivity contribution >= 4 is 11.4 Å². The van der Waals surface area contributed by atoms with E-state index in [1.807, 2.05) is 12.2 Å². The Morgan fingerprint density at radius 1 is 1.20 bits per heavy atom.